The highest BCUT2D eigenvalue weighted by molar-refractivity contribution is 6.30. The van der Waals surface area contributed by atoms with E-state index in [2.05, 4.69) is 36.0 Å². The van der Waals surface area contributed by atoms with Gasteiger partial charge in [0.2, 0.25) is 5.91 Å². The largest absolute Gasteiger partial charge is 0.465 e. The van der Waals surface area contributed by atoms with Gasteiger partial charge in [0.05, 0.1) is 23.6 Å². The number of hydrogen-bond acceptors (Lipinski definition) is 8. The van der Waals surface area contributed by atoms with Crippen LogP contribution in [-0.2, 0) is 4.79 Å². The predicted octanol–water partition coefficient (Wildman–Crippen LogP) is 3.21. The lowest BCUT2D eigenvalue weighted by molar-refractivity contribution is -0.117. The van der Waals surface area contributed by atoms with E-state index in [1.807, 2.05) is 4.90 Å². The fourth-order valence-corrected chi connectivity index (χ4v) is 4.19. The molecule has 0 bridgehead atoms. The lowest BCUT2D eigenvalue weighted by Gasteiger charge is -2.34. The predicted molar refractivity (Wildman–Crippen MR) is 142 cm³/mol. The summed E-state index contributed by atoms with van der Waals surface area (Å²) in [6.07, 6.45) is 0.544. The Bertz CT molecular complexity index is 1300. The molecule has 1 aliphatic heterocycles. The van der Waals surface area contributed by atoms with Crippen LogP contribution in [0.2, 0.25) is 5.02 Å². The molecule has 4 N–H and O–H groups in total. The number of aryl methyl sites for hydroxylation is 1. The minimum absolute atomic E-state index is 0.184. The monoisotopic (exact) mass is 542 g/mol. The molecule has 2 aromatic heterocycles. The number of piperazine rings is 1. The van der Waals surface area contributed by atoms with Gasteiger partial charge in [0.15, 0.2) is 0 Å². The van der Waals surface area contributed by atoms with Gasteiger partial charge in [-0.05, 0) is 37.3 Å². The minimum Gasteiger partial charge on any atom is -0.465 e. The summed E-state index contributed by atoms with van der Waals surface area (Å²) in [6.45, 7) is 5.94. The fourth-order valence-electron chi connectivity index (χ4n) is 4.01. The summed E-state index contributed by atoms with van der Waals surface area (Å²) in [5.41, 5.74) is 2.46. The van der Waals surface area contributed by atoms with Gasteiger partial charge in [0, 0.05) is 67.8 Å². The maximum absolute atomic E-state index is 14.3. The third-order valence-electron chi connectivity index (χ3n) is 6.03. The fraction of sp³-hybridized carbons (Fsp3) is 0.320. The Balaban J connectivity index is 1.33. The van der Waals surface area contributed by atoms with Gasteiger partial charge in [0.1, 0.15) is 11.6 Å². The first-order chi connectivity index (χ1) is 18.3. The van der Waals surface area contributed by atoms with Crippen LogP contribution in [0.15, 0.2) is 42.6 Å². The molecule has 2 amide bonds. The standard InChI is InChI=1S/C25H28ClFN8O3/c1-16-21(14-22(33-32-16)19-12-17(26)2-3-20(19)27)30-18-4-5-28-23(13-18)31-24(36)15-35-10-8-34(9-11-35)7-6-29-25(37)38/h2-5,12-14,29H,6-11,15H2,1H3,(H,37,38)(H2,28,30,31,33,36). The van der Waals surface area contributed by atoms with Crippen molar-refractivity contribution in [3.8, 4) is 11.3 Å². The number of aromatic nitrogens is 3. The molecular formula is C25H28ClFN8O3. The summed E-state index contributed by atoms with van der Waals surface area (Å²) in [4.78, 5) is 31.6. The average Bonchev–Trinajstić information content (AvgIpc) is 2.88. The summed E-state index contributed by atoms with van der Waals surface area (Å²) in [5.74, 6) is -0.251. The maximum Gasteiger partial charge on any atom is 0.404 e. The van der Waals surface area contributed by atoms with E-state index in [1.54, 1.807) is 31.3 Å². The molecule has 0 unspecified atom stereocenters. The van der Waals surface area contributed by atoms with E-state index in [-0.39, 0.29) is 18.0 Å². The second kappa shape index (κ2) is 12.6. The van der Waals surface area contributed by atoms with Gasteiger partial charge in [-0.3, -0.25) is 14.6 Å². The van der Waals surface area contributed by atoms with Crippen molar-refractivity contribution >= 4 is 40.8 Å². The topological polar surface area (TPSA) is 136 Å². The van der Waals surface area contributed by atoms with Gasteiger partial charge in [-0.2, -0.15) is 10.2 Å². The molecule has 200 valence electrons. The molecule has 0 radical (unpaired) electrons. The summed E-state index contributed by atoms with van der Waals surface area (Å²) in [5, 5.41) is 25.7. The number of anilines is 3. The number of carboxylic acid groups (broad SMARTS) is 1. The van der Waals surface area contributed by atoms with Crippen LogP contribution in [0.4, 0.5) is 26.4 Å². The molecule has 0 atom stereocenters. The molecule has 1 fully saturated rings. The van der Waals surface area contributed by atoms with Crippen LogP contribution >= 0.6 is 11.6 Å². The highest BCUT2D eigenvalue weighted by atomic mass is 35.5. The van der Waals surface area contributed by atoms with Crippen molar-refractivity contribution in [1.82, 2.24) is 30.3 Å². The first-order valence-electron chi connectivity index (χ1n) is 12.0. The van der Waals surface area contributed by atoms with Crippen molar-refractivity contribution in [3.05, 3.63) is 59.1 Å². The van der Waals surface area contributed by atoms with E-state index in [0.29, 0.717) is 59.8 Å². The molecule has 3 aromatic rings. The van der Waals surface area contributed by atoms with Gasteiger partial charge in [-0.15, -0.1) is 0 Å². The quantitative estimate of drug-likeness (QED) is 0.321. The van der Waals surface area contributed by atoms with Crippen LogP contribution in [0.1, 0.15) is 5.69 Å². The van der Waals surface area contributed by atoms with Crippen LogP contribution in [-0.4, -0.2) is 87.9 Å². The Hall–Kier alpha value is -3.87. The van der Waals surface area contributed by atoms with Gasteiger partial charge in [0.25, 0.3) is 0 Å². The van der Waals surface area contributed by atoms with Gasteiger partial charge < -0.3 is 21.1 Å². The Kier molecular flexibility index (Phi) is 9.00. The Morgan fingerprint density at radius 3 is 2.61 bits per heavy atom. The summed E-state index contributed by atoms with van der Waals surface area (Å²) in [7, 11) is 0. The molecule has 3 heterocycles. The van der Waals surface area contributed by atoms with Crippen molar-refractivity contribution in [3.63, 3.8) is 0 Å². The Labute approximate surface area is 224 Å². The minimum atomic E-state index is -1.03. The maximum atomic E-state index is 14.3. The average molecular weight is 543 g/mol. The van der Waals surface area contributed by atoms with Crippen molar-refractivity contribution < 1.29 is 19.1 Å². The number of rotatable bonds is 9. The molecular weight excluding hydrogens is 515 g/mol. The second-order valence-electron chi connectivity index (χ2n) is 8.81. The lowest BCUT2D eigenvalue weighted by atomic mass is 10.1. The number of pyridine rings is 1. The van der Waals surface area contributed by atoms with Crippen molar-refractivity contribution in [2.24, 2.45) is 0 Å². The highest BCUT2D eigenvalue weighted by Crippen LogP contribution is 2.28. The number of benzene rings is 1. The number of hydrogen-bond donors (Lipinski definition) is 4. The zero-order chi connectivity index (χ0) is 27.1. The second-order valence-corrected chi connectivity index (χ2v) is 9.24. The molecule has 1 aliphatic rings. The third-order valence-corrected chi connectivity index (χ3v) is 6.26. The zero-order valence-electron chi connectivity index (χ0n) is 20.7. The Morgan fingerprint density at radius 1 is 1.08 bits per heavy atom. The molecule has 4 rings (SSSR count). The molecule has 13 heteroatoms. The SMILES string of the molecule is Cc1nnc(-c2cc(Cl)ccc2F)cc1Nc1ccnc(NC(=O)CN2CCN(CCNC(=O)O)CC2)c1. The van der Waals surface area contributed by atoms with Crippen LogP contribution < -0.4 is 16.0 Å². The van der Waals surface area contributed by atoms with E-state index >= 15 is 0 Å². The van der Waals surface area contributed by atoms with Crippen molar-refractivity contribution in [2.75, 3.05) is 56.4 Å². The van der Waals surface area contributed by atoms with E-state index in [9.17, 15) is 14.0 Å². The number of amides is 2. The number of carbonyl (C=O) groups is 2. The molecule has 11 nitrogen and oxygen atoms in total. The highest BCUT2D eigenvalue weighted by Gasteiger charge is 2.19. The van der Waals surface area contributed by atoms with Crippen molar-refractivity contribution in [2.45, 2.75) is 6.92 Å². The first kappa shape index (κ1) is 27.2. The lowest BCUT2D eigenvalue weighted by Crippen LogP contribution is -2.50. The van der Waals surface area contributed by atoms with Gasteiger partial charge in [-0.1, -0.05) is 11.6 Å². The van der Waals surface area contributed by atoms with E-state index in [4.69, 9.17) is 16.7 Å². The van der Waals surface area contributed by atoms with Crippen molar-refractivity contribution in [1.29, 1.82) is 0 Å². The molecule has 38 heavy (non-hydrogen) atoms. The summed E-state index contributed by atoms with van der Waals surface area (Å²) >= 11 is 6.02. The smallest absolute Gasteiger partial charge is 0.404 e. The van der Waals surface area contributed by atoms with Crippen LogP contribution in [0, 0.1) is 12.7 Å². The normalized spacial score (nSPS) is 14.2. The van der Waals surface area contributed by atoms with Crippen LogP contribution in [0.5, 0.6) is 0 Å². The van der Waals surface area contributed by atoms with Crippen LogP contribution in [0.3, 0.4) is 0 Å². The van der Waals surface area contributed by atoms with Crippen LogP contribution in [0.25, 0.3) is 11.3 Å². The number of halogens is 2. The molecule has 0 spiro atoms. The van der Waals surface area contributed by atoms with E-state index in [1.165, 1.54) is 18.2 Å². The van der Waals surface area contributed by atoms with E-state index in [0.717, 1.165) is 13.1 Å². The number of nitrogens with one attached hydrogen (secondary N) is 3. The molecule has 0 saturated carbocycles. The first-order valence-corrected chi connectivity index (χ1v) is 12.4. The molecule has 1 aromatic carbocycles. The zero-order valence-corrected chi connectivity index (χ0v) is 21.5. The summed E-state index contributed by atoms with van der Waals surface area (Å²) in [6, 6.07) is 9.38. The number of nitrogens with zero attached hydrogens (tertiary/aromatic N) is 5. The molecule has 0 aliphatic carbocycles. The van der Waals surface area contributed by atoms with Gasteiger partial charge in [-0.25, -0.2) is 14.2 Å². The van der Waals surface area contributed by atoms with E-state index < -0.39 is 11.9 Å². The Morgan fingerprint density at radius 2 is 1.84 bits per heavy atom. The number of carbonyl (C=O) groups excluding carboxylic acids is 1. The summed E-state index contributed by atoms with van der Waals surface area (Å²) < 4.78 is 14.3. The molecule has 1 saturated heterocycles. The third kappa shape index (κ3) is 7.57. The van der Waals surface area contributed by atoms with Gasteiger partial charge >= 0.3 is 6.09 Å².